The molecule has 0 bridgehead atoms. The molecule has 0 aliphatic heterocycles. The van der Waals surface area contributed by atoms with Gasteiger partial charge in [-0.1, -0.05) is 36.4 Å². The average molecular weight is 403 g/mol. The normalized spacial score (nSPS) is 13.2. The van der Waals surface area contributed by atoms with Gasteiger partial charge < -0.3 is 14.5 Å². The van der Waals surface area contributed by atoms with Crippen LogP contribution in [0.1, 0.15) is 60.9 Å². The average Bonchev–Trinajstić information content (AvgIpc) is 3.30. The van der Waals surface area contributed by atoms with Gasteiger partial charge in [0.15, 0.2) is 18.2 Å². The van der Waals surface area contributed by atoms with Crippen LogP contribution >= 0.6 is 0 Å². The highest BCUT2D eigenvalue weighted by Gasteiger charge is 2.33. The fraction of sp³-hybridized carbons (Fsp3) is 0.130. The van der Waals surface area contributed by atoms with Crippen molar-refractivity contribution < 1.29 is 28.3 Å². The summed E-state index contributed by atoms with van der Waals surface area (Å²) in [5, 5.41) is 2.65. The first-order chi connectivity index (χ1) is 14.5. The summed E-state index contributed by atoms with van der Waals surface area (Å²) in [5.74, 6) is -1.57. The van der Waals surface area contributed by atoms with Crippen LogP contribution in [0.25, 0.3) is 0 Å². The fourth-order valence-corrected chi connectivity index (χ4v) is 3.42. The zero-order valence-corrected chi connectivity index (χ0v) is 16.0. The van der Waals surface area contributed by atoms with Crippen molar-refractivity contribution in [3.05, 3.63) is 94.4 Å². The van der Waals surface area contributed by atoms with Gasteiger partial charge in [-0.25, -0.2) is 4.79 Å². The first kappa shape index (κ1) is 19.3. The van der Waals surface area contributed by atoms with Crippen LogP contribution in [0.15, 0.2) is 65.3 Å². The Bertz CT molecular complexity index is 1160. The summed E-state index contributed by atoms with van der Waals surface area (Å²) in [6.45, 7) is 1.19. The van der Waals surface area contributed by atoms with E-state index in [0.29, 0.717) is 11.3 Å². The number of nitrogens with one attached hydrogen (secondary N) is 1. The minimum atomic E-state index is -0.854. The molecule has 1 heterocycles. The van der Waals surface area contributed by atoms with Gasteiger partial charge in [0.1, 0.15) is 5.76 Å². The smallest absolute Gasteiger partial charge is 0.339 e. The summed E-state index contributed by atoms with van der Waals surface area (Å²) in [6, 6.07) is 13.9. The third kappa shape index (κ3) is 3.41. The van der Waals surface area contributed by atoms with Gasteiger partial charge in [0.05, 0.1) is 17.9 Å². The number of hydrogen-bond acceptors (Lipinski definition) is 6. The standard InChI is InChI=1S/C23H17NO6/c1-13(18-10-5-11-29-18)24-19(25)12-30-23(28)17-9-4-8-16-20(17)22(27)15-7-3-2-6-14(15)21(16)26/h2-11,13H,12H2,1H3,(H,24,25)/t13-/m0/s1. The van der Waals surface area contributed by atoms with Crippen LogP contribution in [0.2, 0.25) is 0 Å². The molecule has 1 aliphatic carbocycles. The molecule has 1 N–H and O–H groups in total. The first-order valence-corrected chi connectivity index (χ1v) is 9.28. The van der Waals surface area contributed by atoms with Crippen LogP contribution < -0.4 is 5.32 Å². The first-order valence-electron chi connectivity index (χ1n) is 9.28. The molecule has 7 nitrogen and oxygen atoms in total. The van der Waals surface area contributed by atoms with Crippen molar-refractivity contribution in [3.63, 3.8) is 0 Å². The summed E-state index contributed by atoms with van der Waals surface area (Å²) in [4.78, 5) is 50.4. The number of amides is 1. The molecule has 0 saturated heterocycles. The summed E-state index contributed by atoms with van der Waals surface area (Å²) < 4.78 is 10.3. The van der Waals surface area contributed by atoms with Crippen LogP contribution in [0.3, 0.4) is 0 Å². The van der Waals surface area contributed by atoms with Crippen LogP contribution in [0, 0.1) is 0 Å². The monoisotopic (exact) mass is 403 g/mol. The highest BCUT2D eigenvalue weighted by Crippen LogP contribution is 2.29. The van der Waals surface area contributed by atoms with E-state index in [1.165, 1.54) is 24.5 Å². The van der Waals surface area contributed by atoms with Crippen LogP contribution in [0.4, 0.5) is 0 Å². The van der Waals surface area contributed by atoms with Crippen molar-refractivity contribution in [2.24, 2.45) is 0 Å². The maximum Gasteiger partial charge on any atom is 0.339 e. The molecule has 0 fully saturated rings. The number of fused-ring (bicyclic) bond motifs is 2. The summed E-state index contributed by atoms with van der Waals surface area (Å²) >= 11 is 0. The van der Waals surface area contributed by atoms with E-state index in [0.717, 1.165) is 0 Å². The third-order valence-corrected chi connectivity index (χ3v) is 4.85. The van der Waals surface area contributed by atoms with E-state index in [2.05, 4.69) is 5.32 Å². The molecule has 3 aromatic rings. The number of esters is 1. The zero-order chi connectivity index (χ0) is 21.3. The van der Waals surface area contributed by atoms with Gasteiger partial charge in [0.25, 0.3) is 5.91 Å². The minimum Gasteiger partial charge on any atom is -0.467 e. The fourth-order valence-electron chi connectivity index (χ4n) is 3.42. The van der Waals surface area contributed by atoms with Crippen molar-refractivity contribution in [2.45, 2.75) is 13.0 Å². The van der Waals surface area contributed by atoms with Gasteiger partial charge >= 0.3 is 5.97 Å². The van der Waals surface area contributed by atoms with Crippen molar-refractivity contribution >= 4 is 23.4 Å². The van der Waals surface area contributed by atoms with Crippen molar-refractivity contribution in [2.75, 3.05) is 6.61 Å². The Morgan fingerprint density at radius 1 is 0.933 bits per heavy atom. The number of hydrogen-bond donors (Lipinski definition) is 1. The van der Waals surface area contributed by atoms with Crippen molar-refractivity contribution in [3.8, 4) is 0 Å². The van der Waals surface area contributed by atoms with E-state index in [1.54, 1.807) is 43.3 Å². The molecule has 1 aliphatic rings. The lowest BCUT2D eigenvalue weighted by atomic mass is 9.82. The Hall–Kier alpha value is -4.00. The number of ether oxygens (including phenoxy) is 1. The highest BCUT2D eigenvalue weighted by atomic mass is 16.5. The number of benzene rings is 2. The summed E-state index contributed by atoms with van der Waals surface area (Å²) in [7, 11) is 0. The molecule has 1 atom stereocenters. The quantitative estimate of drug-likeness (QED) is 0.514. The Labute approximate surface area is 171 Å². The molecule has 30 heavy (non-hydrogen) atoms. The molecule has 2 aromatic carbocycles. The van der Waals surface area contributed by atoms with E-state index in [-0.39, 0.29) is 28.0 Å². The second-order valence-corrected chi connectivity index (χ2v) is 6.81. The molecule has 4 rings (SSSR count). The topological polar surface area (TPSA) is 103 Å². The molecule has 0 saturated carbocycles. The Morgan fingerprint density at radius 3 is 2.33 bits per heavy atom. The molecule has 1 aromatic heterocycles. The largest absolute Gasteiger partial charge is 0.467 e. The second kappa shape index (κ2) is 7.79. The van der Waals surface area contributed by atoms with Gasteiger partial charge in [0.2, 0.25) is 0 Å². The van der Waals surface area contributed by atoms with Crippen LogP contribution in [-0.2, 0) is 9.53 Å². The molecule has 7 heteroatoms. The lowest BCUT2D eigenvalue weighted by Gasteiger charge is -2.19. The lowest BCUT2D eigenvalue weighted by Crippen LogP contribution is -2.31. The lowest BCUT2D eigenvalue weighted by molar-refractivity contribution is -0.125. The van der Waals surface area contributed by atoms with Gasteiger partial charge in [-0.15, -0.1) is 0 Å². The molecule has 0 radical (unpaired) electrons. The van der Waals surface area contributed by atoms with Crippen molar-refractivity contribution in [1.29, 1.82) is 0 Å². The van der Waals surface area contributed by atoms with E-state index in [9.17, 15) is 19.2 Å². The number of carbonyl (C=O) groups is 4. The molecular weight excluding hydrogens is 386 g/mol. The predicted molar refractivity (Wildman–Crippen MR) is 105 cm³/mol. The summed E-state index contributed by atoms with van der Waals surface area (Å²) in [5.41, 5.74) is 0.624. The van der Waals surface area contributed by atoms with Crippen LogP contribution in [0.5, 0.6) is 0 Å². The van der Waals surface area contributed by atoms with Gasteiger partial charge in [-0.05, 0) is 25.1 Å². The van der Waals surface area contributed by atoms with E-state index < -0.39 is 30.3 Å². The van der Waals surface area contributed by atoms with Gasteiger partial charge in [-0.3, -0.25) is 14.4 Å². The zero-order valence-electron chi connectivity index (χ0n) is 16.0. The maximum atomic E-state index is 12.9. The Kier molecular flexibility index (Phi) is 5.02. The van der Waals surface area contributed by atoms with Gasteiger partial charge in [0, 0.05) is 22.3 Å². The van der Waals surface area contributed by atoms with E-state index in [4.69, 9.17) is 9.15 Å². The number of carbonyl (C=O) groups excluding carboxylic acids is 4. The Balaban J connectivity index is 1.51. The van der Waals surface area contributed by atoms with E-state index in [1.807, 2.05) is 0 Å². The molecule has 1 amide bonds. The van der Waals surface area contributed by atoms with Crippen LogP contribution in [-0.4, -0.2) is 30.0 Å². The summed E-state index contributed by atoms with van der Waals surface area (Å²) in [6.07, 6.45) is 1.49. The number of ketones is 2. The SMILES string of the molecule is C[C@H](NC(=O)COC(=O)c1cccc2c1C(=O)c1ccccc1C2=O)c1ccco1. The second-order valence-electron chi connectivity index (χ2n) is 6.81. The van der Waals surface area contributed by atoms with E-state index >= 15 is 0 Å². The molecule has 150 valence electrons. The third-order valence-electron chi connectivity index (χ3n) is 4.85. The molecule has 0 unspecified atom stereocenters. The van der Waals surface area contributed by atoms with Gasteiger partial charge in [-0.2, -0.15) is 0 Å². The van der Waals surface area contributed by atoms with Crippen molar-refractivity contribution in [1.82, 2.24) is 5.32 Å². The Morgan fingerprint density at radius 2 is 1.63 bits per heavy atom. The number of furan rings is 1. The molecular formula is C23H17NO6. The molecule has 0 spiro atoms. The number of rotatable bonds is 5. The minimum absolute atomic E-state index is 0.00411. The maximum absolute atomic E-state index is 12.9. The predicted octanol–water partition coefficient (Wildman–Crippen LogP) is 3.09. The highest BCUT2D eigenvalue weighted by molar-refractivity contribution is 6.30.